The topological polar surface area (TPSA) is 107 Å². The van der Waals surface area contributed by atoms with Gasteiger partial charge in [-0.05, 0) is 61.6 Å². The van der Waals surface area contributed by atoms with Gasteiger partial charge < -0.3 is 4.74 Å². The van der Waals surface area contributed by atoms with Crippen LogP contribution in [0.1, 0.15) is 37.1 Å². The fraction of sp³-hybridized carbons (Fsp3) is 0.333. The van der Waals surface area contributed by atoms with Crippen LogP contribution in [0.25, 0.3) is 11.1 Å². The van der Waals surface area contributed by atoms with Crippen molar-refractivity contribution in [3.8, 4) is 11.1 Å². The molecule has 1 aromatic heterocycles. The second kappa shape index (κ2) is 10.2. The number of nitrogens with one attached hydrogen (secondary N) is 1. The van der Waals surface area contributed by atoms with Gasteiger partial charge in [-0.25, -0.2) is 13.1 Å². The molecule has 0 amide bonds. The number of hydrogen-bond acceptors (Lipinski definition) is 6. The number of carbonyl (C=O) groups is 1. The van der Waals surface area contributed by atoms with Gasteiger partial charge in [0.15, 0.2) is 0 Å². The summed E-state index contributed by atoms with van der Waals surface area (Å²) in [5.74, 6) is -0.369. The predicted octanol–water partition coefficient (Wildman–Crippen LogP) is 3.21. The quantitative estimate of drug-likeness (QED) is 0.475. The van der Waals surface area contributed by atoms with Crippen LogP contribution in [0.2, 0.25) is 0 Å². The maximum absolute atomic E-state index is 13.1. The van der Waals surface area contributed by atoms with Crippen LogP contribution in [0.3, 0.4) is 0 Å². The number of benzene rings is 2. The average molecular weight is 502 g/mol. The Labute approximate surface area is 201 Å². The lowest BCUT2D eigenvalue weighted by atomic mass is 9.94. The molecule has 0 saturated carbocycles. The minimum atomic E-state index is -3.77. The van der Waals surface area contributed by atoms with E-state index in [0.717, 1.165) is 35.2 Å². The summed E-state index contributed by atoms with van der Waals surface area (Å²) in [6, 6.07) is 13.6. The van der Waals surface area contributed by atoms with Crippen LogP contribution in [0.5, 0.6) is 0 Å². The summed E-state index contributed by atoms with van der Waals surface area (Å²) < 4.78 is 47.4. The molecule has 0 bridgehead atoms. The predicted molar refractivity (Wildman–Crippen MR) is 129 cm³/mol. The van der Waals surface area contributed by atoms with E-state index >= 15 is 0 Å². The van der Waals surface area contributed by atoms with Crippen molar-refractivity contribution in [3.05, 3.63) is 66.0 Å². The highest BCUT2D eigenvalue weighted by atomic mass is 32.2. The summed E-state index contributed by atoms with van der Waals surface area (Å²) in [4.78, 5) is 12.7. The zero-order valence-corrected chi connectivity index (χ0v) is 20.7. The Morgan fingerprint density at radius 1 is 1.21 bits per heavy atom. The van der Waals surface area contributed by atoms with Crippen LogP contribution in [-0.4, -0.2) is 41.2 Å². The molecule has 10 heteroatoms. The molecule has 180 valence electrons. The summed E-state index contributed by atoms with van der Waals surface area (Å²) in [5, 5.41) is 4.30. The number of fused-ring (bicyclic) bond motifs is 1. The van der Waals surface area contributed by atoms with E-state index in [0.29, 0.717) is 17.9 Å². The molecule has 0 fully saturated rings. The monoisotopic (exact) mass is 501 g/mol. The van der Waals surface area contributed by atoms with Crippen molar-refractivity contribution in [1.82, 2.24) is 14.5 Å². The number of nitrogens with zero attached hydrogens (tertiary/aromatic N) is 2. The second-order valence-electron chi connectivity index (χ2n) is 8.08. The summed E-state index contributed by atoms with van der Waals surface area (Å²) in [5.41, 5.74) is 3.36. The number of hydrogen-bond donors (Lipinski definition) is 1. The third-order valence-electron chi connectivity index (χ3n) is 5.81. The molecule has 8 nitrogen and oxygen atoms in total. The van der Waals surface area contributed by atoms with Crippen molar-refractivity contribution in [2.75, 3.05) is 12.9 Å². The molecule has 3 aromatic rings. The molecule has 2 aromatic carbocycles. The van der Waals surface area contributed by atoms with Crippen molar-refractivity contribution in [1.29, 1.82) is 0 Å². The molecule has 1 N–H and O–H groups in total. The van der Waals surface area contributed by atoms with Gasteiger partial charge in [0.2, 0.25) is 10.0 Å². The standard InChI is InChI=1S/C24H27N3O5S2/c1-3-32-24(28)16-27-23-9-5-8-22(21(23)15-25-27)26-34(30,31)20-12-10-17(11-13-20)18-6-4-7-19(14-18)33(2)29/h4,6-7,10-15,22,26H,3,5,8-9,16H2,1-2H3/t22?,33-/m1/s1. The first-order valence-electron chi connectivity index (χ1n) is 11.0. The number of sulfonamides is 1. The maximum Gasteiger partial charge on any atom is 0.327 e. The van der Waals surface area contributed by atoms with Gasteiger partial charge in [-0.15, -0.1) is 0 Å². The lowest BCUT2D eigenvalue weighted by molar-refractivity contribution is -0.144. The van der Waals surface area contributed by atoms with E-state index in [1.54, 1.807) is 54.4 Å². The van der Waals surface area contributed by atoms with Gasteiger partial charge in [0, 0.05) is 33.2 Å². The van der Waals surface area contributed by atoms with Gasteiger partial charge in [0.05, 0.1) is 23.7 Å². The van der Waals surface area contributed by atoms with Gasteiger partial charge in [0.25, 0.3) is 0 Å². The van der Waals surface area contributed by atoms with Crippen molar-refractivity contribution in [2.24, 2.45) is 0 Å². The third-order valence-corrected chi connectivity index (χ3v) is 8.21. The molecule has 0 aliphatic heterocycles. The van der Waals surface area contributed by atoms with E-state index in [1.807, 2.05) is 18.2 Å². The molecule has 2 atom stereocenters. The van der Waals surface area contributed by atoms with Crippen molar-refractivity contribution in [3.63, 3.8) is 0 Å². The molecule has 0 saturated heterocycles. The Morgan fingerprint density at radius 2 is 1.97 bits per heavy atom. The summed E-state index contributed by atoms with van der Waals surface area (Å²) in [6.07, 6.45) is 5.41. The van der Waals surface area contributed by atoms with Gasteiger partial charge in [-0.3, -0.25) is 13.7 Å². The van der Waals surface area contributed by atoms with Crippen molar-refractivity contribution < 1.29 is 22.2 Å². The van der Waals surface area contributed by atoms with Crippen LogP contribution in [0, 0.1) is 0 Å². The minimum absolute atomic E-state index is 0.0108. The van der Waals surface area contributed by atoms with E-state index in [2.05, 4.69) is 9.82 Å². The van der Waals surface area contributed by atoms with Gasteiger partial charge in [-0.2, -0.15) is 5.10 Å². The molecule has 4 rings (SSSR count). The van der Waals surface area contributed by atoms with Gasteiger partial charge >= 0.3 is 5.97 Å². The van der Waals surface area contributed by atoms with Gasteiger partial charge in [-0.1, -0.05) is 24.3 Å². The fourth-order valence-electron chi connectivity index (χ4n) is 4.14. The van der Waals surface area contributed by atoms with E-state index < -0.39 is 26.9 Å². The lowest BCUT2D eigenvalue weighted by Gasteiger charge is -2.24. The molecular weight excluding hydrogens is 474 g/mol. The number of carbonyl (C=O) groups excluding carboxylic acids is 1. The number of rotatable bonds is 8. The molecule has 0 radical (unpaired) electrons. The summed E-state index contributed by atoms with van der Waals surface area (Å²) in [6.45, 7) is 2.06. The van der Waals surface area contributed by atoms with E-state index in [1.165, 1.54) is 0 Å². The molecule has 34 heavy (non-hydrogen) atoms. The summed E-state index contributed by atoms with van der Waals surface area (Å²) in [7, 11) is -4.87. The Balaban J connectivity index is 1.52. The van der Waals surface area contributed by atoms with E-state index in [9.17, 15) is 17.4 Å². The molecule has 1 aliphatic carbocycles. The Hall–Kier alpha value is -2.82. The Morgan fingerprint density at radius 3 is 2.68 bits per heavy atom. The van der Waals surface area contributed by atoms with Crippen LogP contribution in [0.4, 0.5) is 0 Å². The van der Waals surface area contributed by atoms with Crippen LogP contribution in [0.15, 0.2) is 64.5 Å². The van der Waals surface area contributed by atoms with Crippen molar-refractivity contribution >= 4 is 26.8 Å². The lowest BCUT2D eigenvalue weighted by Crippen LogP contribution is -2.31. The maximum atomic E-state index is 13.1. The third kappa shape index (κ3) is 5.29. The highest BCUT2D eigenvalue weighted by molar-refractivity contribution is 7.89. The first-order chi connectivity index (χ1) is 16.3. The van der Waals surface area contributed by atoms with E-state index in [-0.39, 0.29) is 17.4 Å². The Kier molecular flexibility index (Phi) is 7.30. The van der Waals surface area contributed by atoms with Crippen LogP contribution in [-0.2, 0) is 43.3 Å². The zero-order valence-electron chi connectivity index (χ0n) is 19.1. The van der Waals surface area contributed by atoms with E-state index in [4.69, 9.17) is 4.74 Å². The van der Waals surface area contributed by atoms with Crippen molar-refractivity contribution in [2.45, 2.75) is 48.6 Å². The second-order valence-corrected chi connectivity index (χ2v) is 11.2. The number of ether oxygens (including phenoxy) is 1. The van der Waals surface area contributed by atoms with Crippen LogP contribution < -0.4 is 4.72 Å². The molecule has 0 spiro atoms. The molecule has 1 heterocycles. The highest BCUT2D eigenvalue weighted by Gasteiger charge is 2.29. The Bertz CT molecular complexity index is 1320. The molecule has 1 aliphatic rings. The molecule has 1 unspecified atom stereocenters. The normalized spacial score (nSPS) is 16.6. The van der Waals surface area contributed by atoms with Crippen LogP contribution >= 0.6 is 0 Å². The SMILES string of the molecule is CCOC(=O)Cn1ncc2c1CCCC2NS(=O)(=O)c1ccc(-c2cccc([S@@](C)=O)c2)cc1. The first kappa shape index (κ1) is 24.3. The number of esters is 1. The largest absolute Gasteiger partial charge is 0.465 e. The molecular formula is C24H27N3O5S2. The average Bonchev–Trinajstić information content (AvgIpc) is 3.23. The summed E-state index contributed by atoms with van der Waals surface area (Å²) >= 11 is 0. The zero-order chi connectivity index (χ0) is 24.3. The van der Waals surface area contributed by atoms with Gasteiger partial charge in [0.1, 0.15) is 6.54 Å². The first-order valence-corrected chi connectivity index (χ1v) is 14.1. The highest BCUT2D eigenvalue weighted by Crippen LogP contribution is 2.31. The fourth-order valence-corrected chi connectivity index (χ4v) is 5.96. The minimum Gasteiger partial charge on any atom is -0.465 e. The number of aromatic nitrogens is 2. The smallest absolute Gasteiger partial charge is 0.327 e.